The zero-order chi connectivity index (χ0) is 17.9. The summed E-state index contributed by atoms with van der Waals surface area (Å²) in [7, 11) is 0. The molecule has 1 saturated carbocycles. The number of hydrogen-bond donors (Lipinski definition) is 0. The highest BCUT2D eigenvalue weighted by Gasteiger charge is 2.30. The average Bonchev–Trinajstić information content (AvgIpc) is 3.43. The van der Waals surface area contributed by atoms with Crippen molar-refractivity contribution in [2.75, 3.05) is 5.75 Å². The molecule has 26 heavy (non-hydrogen) atoms. The molecule has 4 rings (SSSR count). The van der Waals surface area contributed by atoms with Gasteiger partial charge in [-0.15, -0.1) is 10.2 Å². The Hall–Kier alpha value is -2.11. The molecule has 4 nitrogen and oxygen atoms in total. The van der Waals surface area contributed by atoms with Crippen LogP contribution >= 0.6 is 23.4 Å². The van der Waals surface area contributed by atoms with Crippen molar-refractivity contribution in [2.24, 2.45) is 0 Å². The fraction of sp³-hybridized carbons (Fsp3) is 0.250. The van der Waals surface area contributed by atoms with Gasteiger partial charge >= 0.3 is 0 Å². The Morgan fingerprint density at radius 3 is 2.54 bits per heavy atom. The fourth-order valence-corrected chi connectivity index (χ4v) is 3.93. The molecule has 0 bridgehead atoms. The van der Waals surface area contributed by atoms with Crippen LogP contribution < -0.4 is 0 Å². The van der Waals surface area contributed by atoms with Gasteiger partial charge in [0.1, 0.15) is 5.82 Å². The van der Waals surface area contributed by atoms with Gasteiger partial charge in [0.15, 0.2) is 10.9 Å². The highest BCUT2D eigenvalue weighted by atomic mass is 35.5. The maximum atomic E-state index is 12.5. The Bertz CT molecular complexity index is 922. The molecule has 6 heteroatoms. The van der Waals surface area contributed by atoms with Crippen molar-refractivity contribution in [3.8, 4) is 0 Å². The van der Waals surface area contributed by atoms with E-state index >= 15 is 0 Å². The highest BCUT2D eigenvalue weighted by Crippen LogP contribution is 2.40. The Morgan fingerprint density at radius 2 is 1.81 bits per heavy atom. The number of aromatic nitrogens is 3. The lowest BCUT2D eigenvalue weighted by atomic mass is 10.1. The first-order chi connectivity index (χ1) is 12.7. The smallest absolute Gasteiger partial charge is 0.191 e. The van der Waals surface area contributed by atoms with Crippen LogP contribution in [0.4, 0.5) is 0 Å². The third-order valence-electron chi connectivity index (χ3n) is 4.38. The van der Waals surface area contributed by atoms with E-state index in [9.17, 15) is 4.79 Å². The van der Waals surface area contributed by atoms with E-state index in [4.69, 9.17) is 11.6 Å². The van der Waals surface area contributed by atoms with Crippen molar-refractivity contribution in [1.29, 1.82) is 0 Å². The molecule has 0 spiro atoms. The van der Waals surface area contributed by atoms with E-state index in [-0.39, 0.29) is 5.78 Å². The van der Waals surface area contributed by atoms with Gasteiger partial charge < -0.3 is 4.57 Å². The molecule has 1 heterocycles. The molecule has 1 aromatic heterocycles. The van der Waals surface area contributed by atoms with Crippen molar-refractivity contribution in [3.63, 3.8) is 0 Å². The number of benzene rings is 2. The van der Waals surface area contributed by atoms with Crippen molar-refractivity contribution < 1.29 is 4.79 Å². The molecule has 0 saturated heterocycles. The number of ketones is 1. The van der Waals surface area contributed by atoms with Crippen molar-refractivity contribution in [3.05, 3.63) is 76.6 Å². The Kier molecular flexibility index (Phi) is 5.09. The minimum absolute atomic E-state index is 0.00262. The molecule has 0 unspecified atom stereocenters. The summed E-state index contributed by atoms with van der Waals surface area (Å²) < 4.78 is 2.15. The Labute approximate surface area is 161 Å². The molecular weight excluding hydrogens is 366 g/mol. The van der Waals surface area contributed by atoms with Crippen LogP contribution in [0.5, 0.6) is 0 Å². The second kappa shape index (κ2) is 7.64. The molecule has 0 radical (unpaired) electrons. The summed E-state index contributed by atoms with van der Waals surface area (Å²) in [6, 6.07) is 17.4. The molecule has 1 aliphatic carbocycles. The molecular formula is C20H18ClN3OS. The second-order valence-corrected chi connectivity index (χ2v) is 7.73. The summed E-state index contributed by atoms with van der Waals surface area (Å²) in [5.74, 6) is 1.82. The van der Waals surface area contributed by atoms with Crippen LogP contribution in [-0.2, 0) is 6.54 Å². The summed E-state index contributed by atoms with van der Waals surface area (Å²) in [5.41, 5.74) is 1.76. The predicted octanol–water partition coefficient (Wildman–Crippen LogP) is 4.83. The molecule has 1 aliphatic rings. The number of rotatable bonds is 7. The van der Waals surface area contributed by atoms with Gasteiger partial charge in [0.05, 0.1) is 17.3 Å². The normalized spacial score (nSPS) is 13.7. The number of halogens is 1. The van der Waals surface area contributed by atoms with E-state index in [1.54, 1.807) is 12.1 Å². The van der Waals surface area contributed by atoms with Gasteiger partial charge in [-0.2, -0.15) is 0 Å². The topological polar surface area (TPSA) is 47.8 Å². The number of Topliss-reactive ketones (excluding diaryl/α,β-unsaturated/α-hetero) is 1. The van der Waals surface area contributed by atoms with Crippen molar-refractivity contribution in [2.45, 2.75) is 30.5 Å². The number of carbonyl (C=O) groups excluding carboxylic acids is 1. The van der Waals surface area contributed by atoms with Crippen LogP contribution in [0.3, 0.4) is 0 Å². The number of nitrogens with zero attached hydrogens (tertiary/aromatic N) is 3. The minimum Gasteiger partial charge on any atom is -0.301 e. The van der Waals surface area contributed by atoms with E-state index in [2.05, 4.69) is 26.9 Å². The lowest BCUT2D eigenvalue weighted by Crippen LogP contribution is -2.08. The number of thioether (sulfide) groups is 1. The highest BCUT2D eigenvalue weighted by molar-refractivity contribution is 7.99. The van der Waals surface area contributed by atoms with E-state index in [1.165, 1.54) is 17.3 Å². The number of carbonyl (C=O) groups is 1. The van der Waals surface area contributed by atoms with E-state index in [0.717, 1.165) is 30.4 Å². The first-order valence-electron chi connectivity index (χ1n) is 8.60. The van der Waals surface area contributed by atoms with Gasteiger partial charge in [0, 0.05) is 11.5 Å². The van der Waals surface area contributed by atoms with Crippen LogP contribution in [-0.4, -0.2) is 26.3 Å². The molecule has 0 amide bonds. The first kappa shape index (κ1) is 17.3. The largest absolute Gasteiger partial charge is 0.301 e. The van der Waals surface area contributed by atoms with E-state index < -0.39 is 0 Å². The lowest BCUT2D eigenvalue weighted by molar-refractivity contribution is 0.102. The van der Waals surface area contributed by atoms with Crippen LogP contribution in [0.15, 0.2) is 59.8 Å². The van der Waals surface area contributed by atoms with E-state index in [0.29, 0.717) is 22.3 Å². The number of hydrogen-bond acceptors (Lipinski definition) is 4. The third kappa shape index (κ3) is 3.84. The van der Waals surface area contributed by atoms with Crippen LogP contribution in [0.1, 0.15) is 40.5 Å². The van der Waals surface area contributed by atoms with Crippen LogP contribution in [0.25, 0.3) is 0 Å². The molecule has 2 aromatic carbocycles. The lowest BCUT2D eigenvalue weighted by Gasteiger charge is -2.10. The molecule has 0 aliphatic heterocycles. The zero-order valence-corrected chi connectivity index (χ0v) is 15.7. The second-order valence-electron chi connectivity index (χ2n) is 6.38. The predicted molar refractivity (Wildman–Crippen MR) is 104 cm³/mol. The summed E-state index contributed by atoms with van der Waals surface area (Å²) in [4.78, 5) is 12.5. The van der Waals surface area contributed by atoms with Gasteiger partial charge in [0.25, 0.3) is 0 Å². The standard InChI is InChI=1S/C20H18ClN3OS/c21-17-9-5-4-8-16(17)18(25)13-26-20-23-22-19(15-10-11-15)24(20)12-14-6-2-1-3-7-14/h1-9,15H,10-13H2. The van der Waals surface area contributed by atoms with Gasteiger partial charge in [-0.25, -0.2) is 0 Å². The monoisotopic (exact) mass is 383 g/mol. The maximum absolute atomic E-state index is 12.5. The van der Waals surface area contributed by atoms with Crippen molar-refractivity contribution >= 4 is 29.1 Å². The summed E-state index contributed by atoms with van der Waals surface area (Å²) in [6.45, 7) is 0.724. The van der Waals surface area contributed by atoms with Crippen LogP contribution in [0.2, 0.25) is 5.02 Å². The third-order valence-corrected chi connectivity index (χ3v) is 5.67. The molecule has 0 N–H and O–H groups in total. The van der Waals surface area contributed by atoms with Gasteiger partial charge in [0.2, 0.25) is 0 Å². The van der Waals surface area contributed by atoms with Gasteiger partial charge in [-0.1, -0.05) is 65.8 Å². The fourth-order valence-electron chi connectivity index (χ4n) is 2.86. The van der Waals surface area contributed by atoms with Gasteiger partial charge in [-0.05, 0) is 30.5 Å². The maximum Gasteiger partial charge on any atom is 0.191 e. The Balaban J connectivity index is 1.53. The Morgan fingerprint density at radius 1 is 1.08 bits per heavy atom. The van der Waals surface area contributed by atoms with Gasteiger partial charge in [-0.3, -0.25) is 4.79 Å². The summed E-state index contributed by atoms with van der Waals surface area (Å²) in [6.07, 6.45) is 2.33. The molecule has 132 valence electrons. The average molecular weight is 384 g/mol. The molecule has 0 atom stereocenters. The summed E-state index contributed by atoms with van der Waals surface area (Å²) in [5, 5.41) is 10.0. The molecule has 3 aromatic rings. The molecule has 1 fully saturated rings. The minimum atomic E-state index is 0.00262. The SMILES string of the molecule is O=C(CSc1nnc(C2CC2)n1Cc1ccccc1)c1ccccc1Cl. The van der Waals surface area contributed by atoms with Crippen molar-refractivity contribution in [1.82, 2.24) is 14.8 Å². The van der Waals surface area contributed by atoms with E-state index in [1.807, 2.05) is 30.3 Å². The quantitative estimate of drug-likeness (QED) is 0.433. The first-order valence-corrected chi connectivity index (χ1v) is 9.96. The zero-order valence-electron chi connectivity index (χ0n) is 14.1. The van der Waals surface area contributed by atoms with Crippen LogP contribution in [0, 0.1) is 0 Å². The summed E-state index contributed by atoms with van der Waals surface area (Å²) >= 11 is 7.56.